The van der Waals surface area contributed by atoms with Gasteiger partial charge < -0.3 is 5.43 Å². The second kappa shape index (κ2) is 6.57. The second-order valence-corrected chi connectivity index (χ2v) is 7.20. The molecule has 2 rings (SSSR count). The summed E-state index contributed by atoms with van der Waals surface area (Å²) in [5.74, 6) is 5.26. The van der Waals surface area contributed by atoms with Crippen LogP contribution in [0, 0.1) is 0 Å². The normalized spacial score (nSPS) is 12.9. The first-order valence-corrected chi connectivity index (χ1v) is 8.54. The number of hydrazine groups is 1. The van der Waals surface area contributed by atoms with Crippen molar-refractivity contribution < 1.29 is 8.42 Å². The summed E-state index contributed by atoms with van der Waals surface area (Å²) < 4.78 is 28.2. The van der Waals surface area contributed by atoms with Gasteiger partial charge in [-0.1, -0.05) is 28.1 Å². The fourth-order valence-electron chi connectivity index (χ4n) is 1.88. The average Bonchev–Trinajstić information content (AvgIpc) is 2.47. The monoisotopic (exact) mass is 369 g/mol. The van der Waals surface area contributed by atoms with Crippen molar-refractivity contribution in [2.24, 2.45) is 5.84 Å². The van der Waals surface area contributed by atoms with Gasteiger partial charge in [-0.05, 0) is 48.9 Å². The molecular weight excluding hydrogens is 354 g/mol. The molecule has 4 N–H and O–H groups in total. The van der Waals surface area contributed by atoms with E-state index in [1.807, 2.05) is 24.3 Å². The third-order valence-corrected chi connectivity index (χ3v) is 5.06. The lowest BCUT2D eigenvalue weighted by molar-refractivity contribution is 0.567. The lowest BCUT2D eigenvalue weighted by Crippen LogP contribution is -2.26. The van der Waals surface area contributed by atoms with Crippen molar-refractivity contribution in [3.63, 3.8) is 0 Å². The third kappa shape index (κ3) is 4.04. The first-order valence-electron chi connectivity index (χ1n) is 6.27. The van der Waals surface area contributed by atoms with E-state index in [1.165, 1.54) is 12.1 Å². The van der Waals surface area contributed by atoms with E-state index in [0.717, 1.165) is 10.0 Å². The Kier molecular flexibility index (Phi) is 5.00. The van der Waals surface area contributed by atoms with Gasteiger partial charge in [0.15, 0.2) is 0 Å². The van der Waals surface area contributed by atoms with Gasteiger partial charge >= 0.3 is 0 Å². The zero-order chi connectivity index (χ0) is 15.5. The Morgan fingerprint density at radius 2 is 1.81 bits per heavy atom. The highest BCUT2D eigenvalue weighted by atomic mass is 79.9. The Morgan fingerprint density at radius 3 is 2.38 bits per heavy atom. The molecule has 0 aliphatic rings. The van der Waals surface area contributed by atoms with Crippen molar-refractivity contribution in [1.82, 2.24) is 4.72 Å². The minimum absolute atomic E-state index is 0.198. The molecule has 1 atom stereocenters. The van der Waals surface area contributed by atoms with Gasteiger partial charge in [0.05, 0.1) is 4.90 Å². The first-order chi connectivity index (χ1) is 9.92. The van der Waals surface area contributed by atoms with Crippen molar-refractivity contribution in [2.45, 2.75) is 17.9 Å². The number of halogens is 1. The van der Waals surface area contributed by atoms with E-state index in [-0.39, 0.29) is 10.9 Å². The number of nitrogens with two attached hydrogens (primary N) is 1. The van der Waals surface area contributed by atoms with Gasteiger partial charge in [-0.15, -0.1) is 0 Å². The Hall–Kier alpha value is -1.41. The van der Waals surface area contributed by atoms with Gasteiger partial charge in [0.2, 0.25) is 10.0 Å². The lowest BCUT2D eigenvalue weighted by Gasteiger charge is -2.15. The van der Waals surface area contributed by atoms with Crippen LogP contribution in [-0.2, 0) is 10.0 Å². The minimum Gasteiger partial charge on any atom is -0.324 e. The van der Waals surface area contributed by atoms with Crippen LogP contribution in [0.1, 0.15) is 18.5 Å². The van der Waals surface area contributed by atoms with Gasteiger partial charge in [0.25, 0.3) is 0 Å². The molecule has 112 valence electrons. The van der Waals surface area contributed by atoms with Gasteiger partial charge in [-0.3, -0.25) is 5.84 Å². The van der Waals surface area contributed by atoms with E-state index in [9.17, 15) is 8.42 Å². The lowest BCUT2D eigenvalue weighted by atomic mass is 10.1. The number of nitrogens with one attached hydrogen (secondary N) is 2. The summed E-state index contributed by atoms with van der Waals surface area (Å²) in [6, 6.07) is 13.4. The van der Waals surface area contributed by atoms with Crippen molar-refractivity contribution >= 4 is 31.6 Å². The molecule has 0 spiro atoms. The molecule has 0 saturated carbocycles. The van der Waals surface area contributed by atoms with E-state index < -0.39 is 10.0 Å². The maximum Gasteiger partial charge on any atom is 0.241 e. The Bertz CT molecular complexity index is 717. The van der Waals surface area contributed by atoms with Crippen LogP contribution in [0.3, 0.4) is 0 Å². The highest BCUT2D eigenvalue weighted by Crippen LogP contribution is 2.21. The zero-order valence-electron chi connectivity index (χ0n) is 11.4. The third-order valence-electron chi connectivity index (χ3n) is 3.01. The predicted octanol–water partition coefficient (Wildman–Crippen LogP) is 2.77. The molecular formula is C14H16BrN3O2S. The molecule has 0 aliphatic heterocycles. The summed E-state index contributed by atoms with van der Waals surface area (Å²) in [6.07, 6.45) is 0. The quantitative estimate of drug-likeness (QED) is 0.558. The summed E-state index contributed by atoms with van der Waals surface area (Å²) in [7, 11) is -3.58. The molecule has 1 unspecified atom stereocenters. The number of rotatable bonds is 5. The van der Waals surface area contributed by atoms with Crippen LogP contribution in [-0.4, -0.2) is 8.42 Å². The molecule has 0 amide bonds. The fourth-order valence-corrected chi connectivity index (χ4v) is 3.52. The van der Waals surface area contributed by atoms with Gasteiger partial charge in [-0.2, -0.15) is 0 Å². The zero-order valence-corrected chi connectivity index (χ0v) is 13.8. The molecule has 0 aliphatic carbocycles. The molecule has 0 bridgehead atoms. The molecule has 0 aromatic heterocycles. The van der Waals surface area contributed by atoms with Crippen LogP contribution in [0.25, 0.3) is 0 Å². The van der Waals surface area contributed by atoms with Gasteiger partial charge in [0, 0.05) is 16.2 Å². The van der Waals surface area contributed by atoms with Crippen molar-refractivity contribution in [3.8, 4) is 0 Å². The minimum atomic E-state index is -3.58. The number of nitrogen functional groups attached to an aromatic ring is 1. The fraction of sp³-hybridized carbons (Fsp3) is 0.143. The van der Waals surface area contributed by atoms with E-state index in [2.05, 4.69) is 26.1 Å². The van der Waals surface area contributed by atoms with Crippen LogP contribution in [0.5, 0.6) is 0 Å². The Balaban J connectivity index is 2.20. The topological polar surface area (TPSA) is 84.2 Å². The average molecular weight is 370 g/mol. The van der Waals surface area contributed by atoms with Crippen molar-refractivity contribution in [2.75, 3.05) is 5.43 Å². The van der Waals surface area contributed by atoms with Crippen LogP contribution in [0.4, 0.5) is 5.69 Å². The summed E-state index contributed by atoms with van der Waals surface area (Å²) in [6.45, 7) is 1.80. The Labute approximate surface area is 132 Å². The van der Waals surface area contributed by atoms with Crippen molar-refractivity contribution in [1.29, 1.82) is 0 Å². The Morgan fingerprint density at radius 1 is 1.14 bits per heavy atom. The second-order valence-electron chi connectivity index (χ2n) is 4.57. The number of hydrogen-bond acceptors (Lipinski definition) is 4. The molecule has 7 heteroatoms. The highest BCUT2D eigenvalue weighted by Gasteiger charge is 2.18. The van der Waals surface area contributed by atoms with E-state index in [4.69, 9.17) is 5.84 Å². The summed E-state index contributed by atoms with van der Waals surface area (Å²) in [4.78, 5) is 0.198. The molecule has 5 nitrogen and oxygen atoms in total. The summed E-state index contributed by atoms with van der Waals surface area (Å²) in [5, 5.41) is 0. The molecule has 21 heavy (non-hydrogen) atoms. The standard InChI is InChI=1S/C14H16BrN3O2S/c1-10(11-3-2-4-12(15)9-11)18-21(19,20)14-7-5-13(17-16)6-8-14/h2-10,17-18H,16H2,1H3. The molecule has 0 fully saturated rings. The highest BCUT2D eigenvalue weighted by molar-refractivity contribution is 9.10. The van der Waals surface area contributed by atoms with Crippen molar-refractivity contribution in [3.05, 3.63) is 58.6 Å². The van der Waals surface area contributed by atoms with E-state index in [1.54, 1.807) is 19.1 Å². The van der Waals surface area contributed by atoms with Crippen LogP contribution >= 0.6 is 15.9 Å². The molecule has 2 aromatic rings. The van der Waals surface area contributed by atoms with Crippen LogP contribution in [0.2, 0.25) is 0 Å². The van der Waals surface area contributed by atoms with Crippen LogP contribution in [0.15, 0.2) is 57.9 Å². The molecule has 0 saturated heterocycles. The van der Waals surface area contributed by atoms with Gasteiger partial charge in [-0.25, -0.2) is 13.1 Å². The number of sulfonamides is 1. The number of anilines is 1. The largest absolute Gasteiger partial charge is 0.324 e. The van der Waals surface area contributed by atoms with E-state index >= 15 is 0 Å². The predicted molar refractivity (Wildman–Crippen MR) is 87.1 cm³/mol. The summed E-state index contributed by atoms with van der Waals surface area (Å²) in [5.41, 5.74) is 3.99. The summed E-state index contributed by atoms with van der Waals surface area (Å²) >= 11 is 3.37. The SMILES string of the molecule is CC(NS(=O)(=O)c1ccc(NN)cc1)c1cccc(Br)c1. The molecule has 0 heterocycles. The van der Waals surface area contributed by atoms with Crippen LogP contribution < -0.4 is 16.0 Å². The number of benzene rings is 2. The maximum atomic E-state index is 12.3. The molecule has 2 aromatic carbocycles. The smallest absolute Gasteiger partial charge is 0.241 e. The first kappa shape index (κ1) is 16.0. The maximum absolute atomic E-state index is 12.3. The number of hydrogen-bond donors (Lipinski definition) is 3. The van der Waals surface area contributed by atoms with E-state index in [0.29, 0.717) is 5.69 Å². The van der Waals surface area contributed by atoms with Gasteiger partial charge in [0.1, 0.15) is 0 Å². The molecule has 0 radical (unpaired) electrons.